The summed E-state index contributed by atoms with van der Waals surface area (Å²) in [7, 11) is 15.4. The second-order valence-corrected chi connectivity index (χ2v) is 21.5. The fourth-order valence-corrected chi connectivity index (χ4v) is 9.64. The smallest absolute Gasteiger partial charge is 0.292 e. The molecule has 90 heavy (non-hydrogen) atoms. The minimum atomic E-state index is -0.683. The molecule has 8 aromatic heterocycles. The molecule has 0 unspecified atom stereocenters. The summed E-state index contributed by atoms with van der Waals surface area (Å²) < 4.78 is 10.7. The summed E-state index contributed by atoms with van der Waals surface area (Å²) in [5.74, 6) is -3.63. The van der Waals surface area contributed by atoms with Crippen LogP contribution in [-0.4, -0.2) is 160 Å². The number of rotatable bonds is 25. The van der Waals surface area contributed by atoms with Gasteiger partial charge in [-0.25, -0.2) is 19.9 Å². The number of fused-ring (bicyclic) bond motifs is 1. The minimum absolute atomic E-state index is 0.00411. The highest BCUT2D eigenvalue weighted by molar-refractivity contribution is 6.11. The molecule has 0 saturated carbocycles. The predicted molar refractivity (Wildman–Crippen MR) is 331 cm³/mol. The lowest BCUT2D eigenvalue weighted by Crippen LogP contribution is -2.32. The van der Waals surface area contributed by atoms with Crippen molar-refractivity contribution in [3.63, 3.8) is 0 Å². The number of phenols is 1. The Balaban J connectivity index is 0.715. The van der Waals surface area contributed by atoms with E-state index in [0.717, 1.165) is 13.0 Å². The molecular weight excluding hydrogens is 1160 g/mol. The Morgan fingerprint density at radius 2 is 1.00 bits per heavy atom. The molecule has 0 saturated heterocycles. The molecule has 0 aliphatic heterocycles. The molecule has 0 radical (unpaired) electrons. The summed E-state index contributed by atoms with van der Waals surface area (Å²) in [6, 6.07) is 8.87. The van der Waals surface area contributed by atoms with Crippen molar-refractivity contribution in [2.45, 2.75) is 25.7 Å². The lowest BCUT2D eigenvalue weighted by atomic mass is 10.1. The second-order valence-electron chi connectivity index (χ2n) is 21.5. The number of carbonyl (C=O) groups excluding carboxylic acids is 9. The van der Waals surface area contributed by atoms with Crippen molar-refractivity contribution in [2.75, 3.05) is 72.2 Å². The fourth-order valence-electron chi connectivity index (χ4n) is 9.64. The van der Waals surface area contributed by atoms with E-state index in [9.17, 15) is 48.3 Å². The van der Waals surface area contributed by atoms with E-state index in [1.807, 2.05) is 19.0 Å². The first-order valence-corrected chi connectivity index (χ1v) is 28.2. The van der Waals surface area contributed by atoms with Crippen LogP contribution in [0.3, 0.4) is 0 Å². The number of aryl methyl sites for hydroxylation is 7. The number of nitrogens with one attached hydrogen (secondary N) is 10. The van der Waals surface area contributed by atoms with Crippen LogP contribution in [0.15, 0.2) is 86.0 Å². The maximum Gasteiger partial charge on any atom is 0.292 e. The van der Waals surface area contributed by atoms with E-state index < -0.39 is 47.1 Å². The quantitative estimate of drug-likeness (QED) is 0.0366. The van der Waals surface area contributed by atoms with Gasteiger partial charge in [0.15, 0.2) is 34.9 Å². The minimum Gasteiger partial charge on any atom is -0.505 e. The van der Waals surface area contributed by atoms with Gasteiger partial charge in [0.2, 0.25) is 17.6 Å². The number of hydrogen-bond donors (Lipinski definition) is 11. The number of aromatic nitrogens is 12. The maximum absolute atomic E-state index is 13.6. The van der Waals surface area contributed by atoms with E-state index in [-0.39, 0.29) is 113 Å². The number of carbonyl (C=O) groups is 9. The molecule has 9 rings (SSSR count). The van der Waals surface area contributed by atoms with E-state index in [4.69, 9.17) is 0 Å². The summed E-state index contributed by atoms with van der Waals surface area (Å²) in [6.07, 6.45) is 13.6. The van der Waals surface area contributed by atoms with Crippen LogP contribution >= 0.6 is 0 Å². The van der Waals surface area contributed by atoms with E-state index >= 15 is 0 Å². The van der Waals surface area contributed by atoms with Crippen LogP contribution in [0.1, 0.15) is 99.2 Å². The van der Waals surface area contributed by atoms with Gasteiger partial charge in [-0.15, -0.1) is 0 Å². The number of hydrogen-bond acceptors (Lipinski definition) is 15. The first kappa shape index (κ1) is 62.9. The number of nitrogens with zero attached hydrogens (tertiary/aromatic N) is 12. The van der Waals surface area contributed by atoms with Gasteiger partial charge in [0.25, 0.3) is 41.4 Å². The monoisotopic (exact) mass is 1230 g/mol. The largest absolute Gasteiger partial charge is 0.505 e. The summed E-state index contributed by atoms with van der Waals surface area (Å²) in [5, 5.41) is 36.0. The molecule has 9 aromatic rings. The fraction of sp³-hybridized carbons (Fsp3) is 0.293. The number of anilines is 6. The molecule has 11 N–H and O–H groups in total. The summed E-state index contributed by atoms with van der Waals surface area (Å²) in [5.41, 5.74) is 2.44. The van der Waals surface area contributed by atoms with Gasteiger partial charge >= 0.3 is 0 Å². The van der Waals surface area contributed by atoms with Crippen molar-refractivity contribution in [3.05, 3.63) is 126 Å². The highest BCUT2D eigenvalue weighted by Gasteiger charge is 2.25. The van der Waals surface area contributed by atoms with Gasteiger partial charge in [0.1, 0.15) is 28.3 Å². The first-order chi connectivity index (χ1) is 42.9. The number of aromatic amines is 1. The molecule has 9 amide bonds. The Morgan fingerprint density at radius 3 is 1.57 bits per heavy atom. The number of H-pyrrole nitrogens is 1. The molecule has 0 fully saturated rings. The van der Waals surface area contributed by atoms with Gasteiger partial charge in [0.05, 0.1) is 33.8 Å². The average Bonchev–Trinajstić information content (AvgIpc) is 1.64. The molecule has 0 spiro atoms. The van der Waals surface area contributed by atoms with Crippen LogP contribution in [0.2, 0.25) is 0 Å². The van der Waals surface area contributed by atoms with Crippen LogP contribution in [0.4, 0.5) is 34.4 Å². The van der Waals surface area contributed by atoms with Gasteiger partial charge in [-0.05, 0) is 69.9 Å². The van der Waals surface area contributed by atoms with Gasteiger partial charge in [-0.3, -0.25) is 43.2 Å². The third kappa shape index (κ3) is 14.8. The lowest BCUT2D eigenvalue weighted by molar-refractivity contribution is -0.121. The third-order valence-electron chi connectivity index (χ3n) is 14.2. The summed E-state index contributed by atoms with van der Waals surface area (Å²) >= 11 is 0. The van der Waals surface area contributed by atoms with E-state index in [1.165, 1.54) is 73.3 Å². The summed E-state index contributed by atoms with van der Waals surface area (Å²) in [6.45, 7) is 1.65. The lowest BCUT2D eigenvalue weighted by Gasteiger charge is -2.10. The highest BCUT2D eigenvalue weighted by atomic mass is 16.3. The second kappa shape index (κ2) is 27.0. The predicted octanol–water partition coefficient (Wildman–Crippen LogP) is 3.09. The Morgan fingerprint density at radius 1 is 0.489 bits per heavy atom. The third-order valence-corrected chi connectivity index (χ3v) is 14.2. The molecule has 32 heteroatoms. The highest BCUT2D eigenvalue weighted by Crippen LogP contribution is 2.31. The van der Waals surface area contributed by atoms with Crippen molar-refractivity contribution in [1.29, 1.82) is 0 Å². The zero-order chi connectivity index (χ0) is 64.7. The van der Waals surface area contributed by atoms with E-state index in [2.05, 4.69) is 72.8 Å². The Labute approximate surface area is 513 Å². The van der Waals surface area contributed by atoms with Crippen molar-refractivity contribution < 1.29 is 48.3 Å². The average molecular weight is 1230 g/mol. The SMILES string of the molecule is CN(C)CCCNC(=O)CCNC(=O)c1cc(NC(=O)c2cc(NC(=O)c3ccc4nc(-c5nc(NC(=O)CCCNC(=O)c6cc(NC(=O)c7cc(NC(=O)c8nc(NC(=O)c9nccn9C)cn8C)cn7C)cn6C)cn5C)[nH]c4c3O)cn2C)cn1C. The van der Waals surface area contributed by atoms with E-state index in [1.54, 1.807) is 94.0 Å². The van der Waals surface area contributed by atoms with Crippen LogP contribution in [0, 0.1) is 0 Å². The molecule has 0 aliphatic carbocycles. The Bertz CT molecular complexity index is 4250. The van der Waals surface area contributed by atoms with Gasteiger partial charge < -0.3 is 94.8 Å². The summed E-state index contributed by atoms with van der Waals surface area (Å²) in [4.78, 5) is 140. The number of aromatic hydroxyl groups is 1. The standard InChI is InChI=1S/C58H68N22O10/c1-73(2)20-11-17-59-44(81)15-18-62-54(86)39-23-34(28-76(39)5)65-55(87)40-24-32(26-77(40)6)63-52(84)36-13-14-37-46(47(36)83)72-48(67-37)49-69-42(30-79(49)8)68-45(82)12-10-16-61-53(85)38-22-33(27-75(38)4)64-56(88)41-25-35(29-78(41)7)66-58(90)51-70-43(31-80(51)9)71-57(89)50-60-19-21-74(50)3/h13-14,19,21-31,83H,10-12,15-18,20H2,1-9H3,(H,59,81)(H,61,85)(H,62,86)(H,63,84)(H,64,88)(H,65,87)(H,66,90)(H,67,72)(H,68,82)(H,71,89). The number of imidazole rings is 4. The van der Waals surface area contributed by atoms with Crippen LogP contribution < -0.4 is 47.9 Å². The van der Waals surface area contributed by atoms with Gasteiger partial charge in [-0.1, -0.05) is 0 Å². The van der Waals surface area contributed by atoms with Crippen LogP contribution in [0.25, 0.3) is 22.7 Å². The van der Waals surface area contributed by atoms with E-state index in [0.29, 0.717) is 34.9 Å². The van der Waals surface area contributed by atoms with Gasteiger partial charge in [-0.2, -0.15) is 0 Å². The zero-order valence-corrected chi connectivity index (χ0v) is 50.7. The molecule has 0 bridgehead atoms. The maximum atomic E-state index is 13.6. The van der Waals surface area contributed by atoms with Crippen molar-refractivity contribution in [2.24, 2.45) is 49.3 Å². The normalized spacial score (nSPS) is 11.2. The molecule has 8 heterocycles. The van der Waals surface area contributed by atoms with Gasteiger partial charge in [0, 0.05) is 131 Å². The Kier molecular flexibility index (Phi) is 18.9. The van der Waals surface area contributed by atoms with Crippen LogP contribution in [0.5, 0.6) is 5.75 Å². The molecule has 1 aromatic carbocycles. The van der Waals surface area contributed by atoms with Crippen LogP contribution in [-0.2, 0) is 58.9 Å². The number of phenolic OH excluding ortho intramolecular Hbond substituents is 1. The number of benzene rings is 1. The topological polar surface area (TPSA) is 387 Å². The molecular formula is C58H68N22O10. The molecule has 0 atom stereocenters. The zero-order valence-electron chi connectivity index (χ0n) is 50.7. The molecule has 470 valence electrons. The number of amides is 9. The van der Waals surface area contributed by atoms with Crippen molar-refractivity contribution in [3.8, 4) is 17.4 Å². The molecule has 0 aliphatic rings. The first-order valence-electron chi connectivity index (χ1n) is 28.2. The van der Waals surface area contributed by atoms with Crippen molar-refractivity contribution in [1.82, 2.24) is 77.7 Å². The Hall–Kier alpha value is -11.6. The molecule has 32 nitrogen and oxygen atoms in total. The van der Waals surface area contributed by atoms with Crippen molar-refractivity contribution >= 4 is 98.6 Å².